The molecule has 0 fully saturated rings. The number of hydrogen-bond acceptors (Lipinski definition) is 3. The maximum Gasteiger partial charge on any atom is 0.259 e. The number of amides is 1. The van der Waals surface area contributed by atoms with Gasteiger partial charge in [-0.05, 0) is 35.0 Å². The molecule has 2 aromatic rings. The molecule has 2 heterocycles. The molecule has 0 unspecified atom stereocenters. The van der Waals surface area contributed by atoms with E-state index >= 15 is 0 Å². The Morgan fingerprint density at radius 2 is 2.38 bits per heavy atom. The Morgan fingerprint density at radius 1 is 1.56 bits per heavy atom. The second-order valence-electron chi connectivity index (χ2n) is 3.22. The fourth-order valence-electron chi connectivity index (χ4n) is 1.21. The lowest BCUT2D eigenvalue weighted by atomic mass is 10.2. The highest BCUT2D eigenvalue weighted by Crippen LogP contribution is 2.15. The summed E-state index contributed by atoms with van der Waals surface area (Å²) >= 11 is 3.22. The lowest BCUT2D eigenvalue weighted by Crippen LogP contribution is -2.13. The normalized spacial score (nSPS) is 10.1. The van der Waals surface area contributed by atoms with Crippen LogP contribution in [0.15, 0.2) is 29.1 Å². The molecule has 0 aliphatic heterocycles. The lowest BCUT2D eigenvalue weighted by molar-refractivity contribution is 0.102. The smallest absolute Gasteiger partial charge is 0.259 e. The number of pyridine rings is 1. The molecule has 2 aromatic heterocycles. The van der Waals surface area contributed by atoms with E-state index in [2.05, 4.69) is 36.4 Å². The average Bonchev–Trinajstić information content (AvgIpc) is 2.65. The van der Waals surface area contributed by atoms with Crippen molar-refractivity contribution in [1.82, 2.24) is 15.2 Å². The van der Waals surface area contributed by atoms with Crippen LogP contribution in [0.1, 0.15) is 15.9 Å². The highest BCUT2D eigenvalue weighted by atomic mass is 79.9. The molecule has 0 saturated carbocycles. The van der Waals surface area contributed by atoms with Crippen LogP contribution < -0.4 is 5.32 Å². The molecule has 0 aromatic carbocycles. The summed E-state index contributed by atoms with van der Waals surface area (Å²) in [5, 5.41) is 9.25. The van der Waals surface area contributed by atoms with E-state index in [4.69, 9.17) is 0 Å². The molecular formula is C10H9BrN4O. The van der Waals surface area contributed by atoms with Gasteiger partial charge in [-0.2, -0.15) is 5.10 Å². The third-order valence-electron chi connectivity index (χ3n) is 2.07. The second kappa shape index (κ2) is 4.44. The molecular weight excluding hydrogens is 272 g/mol. The maximum absolute atomic E-state index is 11.9. The largest absolute Gasteiger partial charge is 0.307 e. The van der Waals surface area contributed by atoms with E-state index in [-0.39, 0.29) is 5.91 Å². The summed E-state index contributed by atoms with van der Waals surface area (Å²) in [6.45, 7) is 1.86. The molecule has 0 aliphatic rings. The van der Waals surface area contributed by atoms with E-state index in [0.717, 1.165) is 5.56 Å². The lowest BCUT2D eigenvalue weighted by Gasteiger charge is -2.04. The topological polar surface area (TPSA) is 70.7 Å². The van der Waals surface area contributed by atoms with Crippen LogP contribution in [0.4, 0.5) is 5.82 Å². The van der Waals surface area contributed by atoms with Gasteiger partial charge in [-0.15, -0.1) is 0 Å². The van der Waals surface area contributed by atoms with Gasteiger partial charge in [-0.3, -0.25) is 9.89 Å². The van der Waals surface area contributed by atoms with Crippen molar-refractivity contribution in [3.05, 3.63) is 40.3 Å². The summed E-state index contributed by atoms with van der Waals surface area (Å²) in [7, 11) is 0. The van der Waals surface area contributed by atoms with Crippen molar-refractivity contribution >= 4 is 27.7 Å². The van der Waals surface area contributed by atoms with E-state index in [0.29, 0.717) is 16.0 Å². The average molecular weight is 281 g/mol. The van der Waals surface area contributed by atoms with Gasteiger partial charge < -0.3 is 5.32 Å². The zero-order valence-corrected chi connectivity index (χ0v) is 10.1. The third-order valence-corrected chi connectivity index (χ3v) is 2.70. The van der Waals surface area contributed by atoms with Crippen molar-refractivity contribution in [3.8, 4) is 0 Å². The molecule has 0 saturated heterocycles. The minimum absolute atomic E-state index is 0.229. The first kappa shape index (κ1) is 10.8. The molecule has 0 atom stereocenters. The maximum atomic E-state index is 11.9. The van der Waals surface area contributed by atoms with Crippen LogP contribution in [0, 0.1) is 6.92 Å². The molecule has 0 aliphatic carbocycles. The van der Waals surface area contributed by atoms with Gasteiger partial charge in [-0.25, -0.2) is 4.98 Å². The number of aryl methyl sites for hydroxylation is 1. The Hall–Kier alpha value is -1.69. The van der Waals surface area contributed by atoms with Crippen molar-refractivity contribution in [3.63, 3.8) is 0 Å². The standard InChI is InChI=1S/C10H9BrN4O/c1-6-5-13-15-9(6)14-10(16)7-3-2-4-12-8(7)11/h2-5H,1H3,(H2,13,14,15,16). The fourth-order valence-corrected chi connectivity index (χ4v) is 1.64. The van der Waals surface area contributed by atoms with Gasteiger partial charge in [0.15, 0.2) is 0 Å². The summed E-state index contributed by atoms with van der Waals surface area (Å²) in [6.07, 6.45) is 3.26. The van der Waals surface area contributed by atoms with E-state index < -0.39 is 0 Å². The summed E-state index contributed by atoms with van der Waals surface area (Å²) in [5.74, 6) is 0.369. The van der Waals surface area contributed by atoms with E-state index in [9.17, 15) is 4.79 Å². The Bertz CT molecular complexity index is 523. The summed E-state index contributed by atoms with van der Waals surface area (Å²) < 4.78 is 0.518. The molecule has 82 valence electrons. The number of carbonyl (C=O) groups excluding carboxylic acids is 1. The highest BCUT2D eigenvalue weighted by Gasteiger charge is 2.12. The summed E-state index contributed by atoms with van der Waals surface area (Å²) in [6, 6.07) is 3.40. The van der Waals surface area contributed by atoms with E-state index in [1.807, 2.05) is 6.92 Å². The van der Waals surface area contributed by atoms with Crippen LogP contribution in [0.5, 0.6) is 0 Å². The van der Waals surface area contributed by atoms with Gasteiger partial charge >= 0.3 is 0 Å². The van der Waals surface area contributed by atoms with Crippen molar-refractivity contribution in [2.75, 3.05) is 5.32 Å². The predicted molar refractivity (Wildman–Crippen MR) is 63.2 cm³/mol. The van der Waals surface area contributed by atoms with Gasteiger partial charge in [0.05, 0.1) is 11.8 Å². The Kier molecular flexibility index (Phi) is 3.00. The molecule has 16 heavy (non-hydrogen) atoms. The number of hydrogen-bond donors (Lipinski definition) is 2. The van der Waals surface area contributed by atoms with Crippen molar-refractivity contribution < 1.29 is 4.79 Å². The van der Waals surface area contributed by atoms with E-state index in [1.165, 1.54) is 0 Å². The third kappa shape index (κ3) is 2.11. The van der Waals surface area contributed by atoms with Crippen molar-refractivity contribution in [1.29, 1.82) is 0 Å². The molecule has 0 spiro atoms. The van der Waals surface area contributed by atoms with Crippen molar-refractivity contribution in [2.45, 2.75) is 6.92 Å². The van der Waals surface area contributed by atoms with Gasteiger partial charge in [0.25, 0.3) is 5.91 Å². The zero-order valence-electron chi connectivity index (χ0n) is 8.49. The molecule has 2 rings (SSSR count). The van der Waals surface area contributed by atoms with Crippen LogP contribution >= 0.6 is 15.9 Å². The van der Waals surface area contributed by atoms with Gasteiger partial charge in [-0.1, -0.05) is 0 Å². The molecule has 0 radical (unpaired) electrons. The minimum Gasteiger partial charge on any atom is -0.307 e. The Labute approximate surface area is 100 Å². The summed E-state index contributed by atoms with van der Waals surface area (Å²) in [4.78, 5) is 15.8. The van der Waals surface area contributed by atoms with Crippen LogP contribution in [0.2, 0.25) is 0 Å². The minimum atomic E-state index is -0.229. The number of halogens is 1. The number of nitrogens with one attached hydrogen (secondary N) is 2. The van der Waals surface area contributed by atoms with Crippen LogP contribution in [0.3, 0.4) is 0 Å². The number of H-pyrrole nitrogens is 1. The quantitative estimate of drug-likeness (QED) is 0.828. The molecule has 6 heteroatoms. The number of anilines is 1. The monoisotopic (exact) mass is 280 g/mol. The number of carbonyl (C=O) groups is 1. The van der Waals surface area contributed by atoms with Crippen LogP contribution in [0.25, 0.3) is 0 Å². The first-order valence-corrected chi connectivity index (χ1v) is 5.39. The highest BCUT2D eigenvalue weighted by molar-refractivity contribution is 9.10. The number of aromatic nitrogens is 3. The van der Waals surface area contributed by atoms with Gasteiger partial charge in [0.1, 0.15) is 10.4 Å². The number of nitrogens with zero attached hydrogens (tertiary/aromatic N) is 2. The summed E-state index contributed by atoms with van der Waals surface area (Å²) in [5.41, 5.74) is 1.37. The van der Waals surface area contributed by atoms with Gasteiger partial charge in [0, 0.05) is 11.8 Å². The Balaban J connectivity index is 2.22. The molecule has 0 bridgehead atoms. The van der Waals surface area contributed by atoms with E-state index in [1.54, 1.807) is 24.5 Å². The predicted octanol–water partition coefficient (Wildman–Crippen LogP) is 2.13. The first-order valence-electron chi connectivity index (χ1n) is 4.60. The van der Waals surface area contributed by atoms with Gasteiger partial charge in [0.2, 0.25) is 0 Å². The number of rotatable bonds is 2. The Morgan fingerprint density at radius 3 is 3.00 bits per heavy atom. The zero-order chi connectivity index (χ0) is 11.5. The number of aromatic amines is 1. The second-order valence-corrected chi connectivity index (χ2v) is 3.98. The molecule has 2 N–H and O–H groups in total. The molecule has 1 amide bonds. The first-order chi connectivity index (χ1) is 7.68. The van der Waals surface area contributed by atoms with Crippen molar-refractivity contribution in [2.24, 2.45) is 0 Å². The SMILES string of the molecule is Cc1cn[nH]c1NC(=O)c1cccnc1Br. The fraction of sp³-hybridized carbons (Fsp3) is 0.100. The van der Waals surface area contributed by atoms with Crippen LogP contribution in [-0.4, -0.2) is 21.1 Å². The molecule has 5 nitrogen and oxygen atoms in total. The van der Waals surface area contributed by atoms with Crippen LogP contribution in [-0.2, 0) is 0 Å².